The molecule has 5 rings (SSSR count). The Balaban J connectivity index is 1.80. The van der Waals surface area contributed by atoms with Gasteiger partial charge in [-0.25, -0.2) is 0 Å². The Morgan fingerprint density at radius 3 is 2.88 bits per heavy atom. The molecule has 4 aromatic rings. The minimum atomic E-state index is 0.0382. The van der Waals surface area contributed by atoms with Crippen molar-refractivity contribution in [2.45, 2.75) is 26.3 Å². The highest BCUT2D eigenvalue weighted by atomic mass is 35.5. The number of para-hydroxylation sites is 1. The van der Waals surface area contributed by atoms with Gasteiger partial charge in [0.15, 0.2) is 0 Å². The summed E-state index contributed by atoms with van der Waals surface area (Å²) in [6.45, 7) is 2.68. The van der Waals surface area contributed by atoms with Gasteiger partial charge in [0.1, 0.15) is 5.52 Å². The number of aromatic nitrogens is 3. The summed E-state index contributed by atoms with van der Waals surface area (Å²) in [5.74, 6) is 0. The summed E-state index contributed by atoms with van der Waals surface area (Å²) >= 11 is 6.07. The van der Waals surface area contributed by atoms with Crippen molar-refractivity contribution in [2.75, 3.05) is 5.43 Å². The summed E-state index contributed by atoms with van der Waals surface area (Å²) in [5.41, 5.74) is 7.90. The predicted octanol–water partition coefficient (Wildman–Crippen LogP) is 4.13. The minimum Gasteiger partial charge on any atom is -0.307 e. The van der Waals surface area contributed by atoms with Crippen LogP contribution in [0.4, 0.5) is 5.69 Å². The average molecular weight is 365 g/mol. The van der Waals surface area contributed by atoms with E-state index in [1.807, 2.05) is 35.8 Å². The van der Waals surface area contributed by atoms with Crippen LogP contribution in [0.25, 0.3) is 21.8 Å². The summed E-state index contributed by atoms with van der Waals surface area (Å²) in [6.07, 6.45) is 1.99. The lowest BCUT2D eigenvalue weighted by molar-refractivity contribution is 0.619. The molecule has 5 nitrogen and oxygen atoms in total. The maximum Gasteiger partial charge on any atom is 0.262 e. The van der Waals surface area contributed by atoms with Crippen LogP contribution in [0, 0.1) is 6.92 Å². The van der Waals surface area contributed by atoms with Gasteiger partial charge in [-0.2, -0.15) is 9.89 Å². The summed E-state index contributed by atoms with van der Waals surface area (Å²) < 4.78 is 1.91. The number of fused-ring (bicyclic) bond motifs is 2. The van der Waals surface area contributed by atoms with Gasteiger partial charge in [-0.15, -0.1) is 0 Å². The topological polar surface area (TPSA) is 51.9 Å². The van der Waals surface area contributed by atoms with Crippen molar-refractivity contribution in [3.05, 3.63) is 69.1 Å². The van der Waals surface area contributed by atoms with Gasteiger partial charge in [0.25, 0.3) is 5.56 Å². The molecule has 0 atom stereocenters. The fourth-order valence-corrected chi connectivity index (χ4v) is 4.11. The number of hydrogen-bond acceptors (Lipinski definition) is 3. The third kappa shape index (κ3) is 2.17. The second-order valence-corrected chi connectivity index (χ2v) is 7.15. The molecule has 0 unspecified atom stereocenters. The molecular weight excluding hydrogens is 348 g/mol. The number of nitrogens with one attached hydrogen (secondary N) is 1. The van der Waals surface area contributed by atoms with E-state index in [4.69, 9.17) is 16.7 Å². The van der Waals surface area contributed by atoms with Crippen LogP contribution in [-0.4, -0.2) is 14.5 Å². The Hall–Kier alpha value is -2.79. The number of aryl methyl sites for hydroxylation is 3. The first-order valence-corrected chi connectivity index (χ1v) is 9.07. The molecule has 3 heterocycles. The number of hydrogen-bond donors (Lipinski definition) is 1. The van der Waals surface area contributed by atoms with E-state index in [9.17, 15) is 4.79 Å². The Morgan fingerprint density at radius 1 is 1.19 bits per heavy atom. The van der Waals surface area contributed by atoms with Gasteiger partial charge in [0.05, 0.1) is 22.3 Å². The maximum absolute atomic E-state index is 13.2. The lowest BCUT2D eigenvalue weighted by atomic mass is 10.00. The third-order valence-electron chi connectivity index (χ3n) is 5.11. The molecule has 1 aliphatic rings. The summed E-state index contributed by atoms with van der Waals surface area (Å²) in [5, 5.41) is 7.07. The maximum atomic E-state index is 13.2. The molecule has 0 saturated heterocycles. The molecule has 0 fully saturated rings. The minimum absolute atomic E-state index is 0.0382. The van der Waals surface area contributed by atoms with Crippen LogP contribution in [0.3, 0.4) is 0 Å². The van der Waals surface area contributed by atoms with Crippen molar-refractivity contribution in [3.8, 4) is 0 Å². The van der Waals surface area contributed by atoms with E-state index in [1.165, 1.54) is 5.56 Å². The zero-order chi connectivity index (χ0) is 17.8. The normalized spacial score (nSPS) is 13.5. The largest absolute Gasteiger partial charge is 0.307 e. The number of pyridine rings is 1. The molecule has 26 heavy (non-hydrogen) atoms. The fraction of sp³-hybridized carbons (Fsp3) is 0.200. The molecule has 1 N–H and O–H groups in total. The van der Waals surface area contributed by atoms with Gasteiger partial charge in [-0.3, -0.25) is 10.2 Å². The summed E-state index contributed by atoms with van der Waals surface area (Å²) in [6, 6.07) is 13.7. The highest BCUT2D eigenvalue weighted by Gasteiger charge is 2.21. The Labute approximate surface area is 154 Å². The van der Waals surface area contributed by atoms with Crippen molar-refractivity contribution in [3.63, 3.8) is 0 Å². The second kappa shape index (κ2) is 5.61. The third-order valence-corrected chi connectivity index (χ3v) is 5.34. The first kappa shape index (κ1) is 15.5. The van der Waals surface area contributed by atoms with E-state index in [-0.39, 0.29) is 5.56 Å². The number of rotatable bonds is 2. The highest BCUT2D eigenvalue weighted by molar-refractivity contribution is 6.30. The van der Waals surface area contributed by atoms with Crippen LogP contribution in [0.1, 0.15) is 17.7 Å². The van der Waals surface area contributed by atoms with E-state index in [1.54, 1.807) is 4.79 Å². The van der Waals surface area contributed by atoms with Gasteiger partial charge >= 0.3 is 0 Å². The van der Waals surface area contributed by atoms with Crippen LogP contribution >= 0.6 is 11.6 Å². The molecule has 2 aromatic heterocycles. The van der Waals surface area contributed by atoms with Crippen LogP contribution in [0.15, 0.2) is 47.3 Å². The van der Waals surface area contributed by atoms with E-state index in [2.05, 4.69) is 23.6 Å². The van der Waals surface area contributed by atoms with Gasteiger partial charge in [0, 0.05) is 17.0 Å². The van der Waals surface area contributed by atoms with Crippen molar-refractivity contribution < 1.29 is 0 Å². The predicted molar refractivity (Wildman–Crippen MR) is 105 cm³/mol. The summed E-state index contributed by atoms with van der Waals surface area (Å²) in [7, 11) is 0. The molecule has 0 spiro atoms. The van der Waals surface area contributed by atoms with E-state index in [0.29, 0.717) is 10.4 Å². The fourth-order valence-electron chi connectivity index (χ4n) is 3.92. The first-order chi connectivity index (χ1) is 12.6. The van der Waals surface area contributed by atoms with E-state index < -0.39 is 0 Å². The molecule has 0 saturated carbocycles. The molecule has 1 aliphatic heterocycles. The quantitative estimate of drug-likeness (QED) is 0.581. The van der Waals surface area contributed by atoms with Crippen molar-refractivity contribution in [1.82, 2.24) is 14.5 Å². The smallest absolute Gasteiger partial charge is 0.262 e. The molecule has 0 radical (unpaired) electrons. The van der Waals surface area contributed by atoms with Gasteiger partial charge in [0.2, 0.25) is 0 Å². The van der Waals surface area contributed by atoms with E-state index >= 15 is 0 Å². The van der Waals surface area contributed by atoms with Crippen molar-refractivity contribution >= 4 is 39.1 Å². The monoisotopic (exact) mass is 364 g/mol. The van der Waals surface area contributed by atoms with Crippen LogP contribution in [0.2, 0.25) is 5.02 Å². The van der Waals surface area contributed by atoms with Crippen molar-refractivity contribution in [2.24, 2.45) is 0 Å². The lowest BCUT2D eigenvalue weighted by Gasteiger charge is -2.19. The Kier molecular flexibility index (Phi) is 3.34. The SMILES string of the molecule is Cc1c2c(=O)n3c4c(cccc4c2nn1Nc1cccc(Cl)c1)CCC3. The number of anilines is 1. The molecular formula is C20H17ClN4O. The highest BCUT2D eigenvalue weighted by Crippen LogP contribution is 2.29. The molecule has 6 heteroatoms. The molecule has 0 bridgehead atoms. The second-order valence-electron chi connectivity index (χ2n) is 6.72. The zero-order valence-corrected chi connectivity index (χ0v) is 15.0. The summed E-state index contributed by atoms with van der Waals surface area (Å²) in [4.78, 5) is 14.8. The number of benzene rings is 2. The zero-order valence-electron chi connectivity index (χ0n) is 14.3. The van der Waals surface area contributed by atoms with Crippen molar-refractivity contribution in [1.29, 1.82) is 0 Å². The standard InChI is InChI=1S/C20H17ClN4O/c1-12-17-18(23-25(12)22-15-8-3-7-14(21)11-15)16-9-2-5-13-6-4-10-24(19(13)16)20(17)26/h2-3,5,7-9,11,22H,4,6,10H2,1H3. The first-order valence-electron chi connectivity index (χ1n) is 8.70. The van der Waals surface area contributed by atoms with Crippen LogP contribution < -0.4 is 11.0 Å². The molecule has 0 aliphatic carbocycles. The van der Waals surface area contributed by atoms with E-state index in [0.717, 1.165) is 47.2 Å². The molecule has 2 aromatic carbocycles. The number of halogens is 1. The average Bonchev–Trinajstić information content (AvgIpc) is 2.96. The van der Waals surface area contributed by atoms with Crippen LogP contribution in [-0.2, 0) is 13.0 Å². The molecule has 0 amide bonds. The van der Waals surface area contributed by atoms with Gasteiger partial charge in [-0.05, 0) is 43.5 Å². The Bertz CT molecular complexity index is 1240. The number of nitrogens with zero attached hydrogens (tertiary/aromatic N) is 3. The lowest BCUT2D eigenvalue weighted by Crippen LogP contribution is -2.25. The molecule has 130 valence electrons. The Morgan fingerprint density at radius 2 is 2.04 bits per heavy atom. The van der Waals surface area contributed by atoms with Gasteiger partial charge < -0.3 is 4.57 Å². The van der Waals surface area contributed by atoms with Crippen LogP contribution in [0.5, 0.6) is 0 Å². The van der Waals surface area contributed by atoms with Gasteiger partial charge in [-0.1, -0.05) is 35.9 Å².